The minimum atomic E-state index is 0. The van der Waals surface area contributed by atoms with Gasteiger partial charge in [-0.05, 0) is 31.2 Å². The molecule has 1 atom stereocenters. The van der Waals surface area contributed by atoms with Gasteiger partial charge in [-0.25, -0.2) is 0 Å². The fraction of sp³-hybridized carbons (Fsp3) is 0.611. The van der Waals surface area contributed by atoms with Crippen LogP contribution < -0.4 is 5.73 Å². The fourth-order valence-corrected chi connectivity index (χ4v) is 3.27. The van der Waals surface area contributed by atoms with Gasteiger partial charge < -0.3 is 10.6 Å². The Morgan fingerprint density at radius 3 is 2.70 bits per heavy atom. The molecule has 1 heterocycles. The third-order valence-electron chi connectivity index (χ3n) is 4.47. The molecule has 1 amide bonds. The Hall–Kier alpha value is -1.10. The number of hydrogen-bond acceptors (Lipinski definition) is 3. The molecule has 0 aliphatic carbocycles. The summed E-state index contributed by atoms with van der Waals surface area (Å²) in [6.45, 7) is 5.69. The zero-order chi connectivity index (χ0) is 15.8. The van der Waals surface area contributed by atoms with E-state index < -0.39 is 0 Å². The summed E-state index contributed by atoms with van der Waals surface area (Å²) < 4.78 is 0. The van der Waals surface area contributed by atoms with Crippen LogP contribution in [0.1, 0.15) is 38.2 Å². The van der Waals surface area contributed by atoms with Crippen LogP contribution in [0.15, 0.2) is 30.3 Å². The van der Waals surface area contributed by atoms with E-state index in [0.29, 0.717) is 19.1 Å². The minimum Gasteiger partial charge on any atom is -0.339 e. The number of amides is 1. The van der Waals surface area contributed by atoms with Crippen molar-refractivity contribution in [2.75, 3.05) is 26.2 Å². The first kappa shape index (κ1) is 19.9. The number of carbonyl (C=O) groups excluding carboxylic acids is 1. The molecule has 130 valence electrons. The van der Waals surface area contributed by atoms with Gasteiger partial charge in [-0.3, -0.25) is 9.69 Å². The van der Waals surface area contributed by atoms with Gasteiger partial charge in [0.05, 0.1) is 6.54 Å². The summed E-state index contributed by atoms with van der Waals surface area (Å²) in [7, 11) is 0. The van der Waals surface area contributed by atoms with Crippen LogP contribution in [0.25, 0.3) is 0 Å². The molecule has 0 bridgehead atoms. The highest BCUT2D eigenvalue weighted by atomic mass is 35.5. The Labute approximate surface area is 146 Å². The molecule has 1 saturated heterocycles. The van der Waals surface area contributed by atoms with Gasteiger partial charge in [-0.15, -0.1) is 12.4 Å². The van der Waals surface area contributed by atoms with Crippen LogP contribution in [0.3, 0.4) is 0 Å². The van der Waals surface area contributed by atoms with E-state index in [-0.39, 0.29) is 18.3 Å². The molecule has 5 heteroatoms. The quantitative estimate of drug-likeness (QED) is 0.830. The maximum Gasteiger partial charge on any atom is 0.237 e. The van der Waals surface area contributed by atoms with Crippen molar-refractivity contribution in [3.63, 3.8) is 0 Å². The van der Waals surface area contributed by atoms with E-state index in [0.717, 1.165) is 38.9 Å². The minimum absolute atomic E-state index is 0. The van der Waals surface area contributed by atoms with Crippen LogP contribution in [-0.4, -0.2) is 47.9 Å². The number of piperidine rings is 1. The molecule has 0 aromatic heterocycles. The van der Waals surface area contributed by atoms with Crippen molar-refractivity contribution < 1.29 is 4.79 Å². The largest absolute Gasteiger partial charge is 0.339 e. The van der Waals surface area contributed by atoms with E-state index in [4.69, 9.17) is 5.73 Å². The first-order valence-electron chi connectivity index (χ1n) is 8.50. The van der Waals surface area contributed by atoms with Gasteiger partial charge in [-0.1, -0.05) is 37.3 Å². The maximum atomic E-state index is 12.7. The predicted octanol–water partition coefficient (Wildman–Crippen LogP) is 2.66. The van der Waals surface area contributed by atoms with Gasteiger partial charge in [-0.2, -0.15) is 0 Å². The highest BCUT2D eigenvalue weighted by Gasteiger charge is 2.26. The van der Waals surface area contributed by atoms with Crippen molar-refractivity contribution in [2.45, 2.75) is 45.2 Å². The third kappa shape index (κ3) is 6.13. The number of nitrogens with zero attached hydrogens (tertiary/aromatic N) is 2. The number of rotatable bonds is 7. The summed E-state index contributed by atoms with van der Waals surface area (Å²) in [4.78, 5) is 16.9. The van der Waals surface area contributed by atoms with E-state index >= 15 is 0 Å². The molecule has 1 fully saturated rings. The smallest absolute Gasteiger partial charge is 0.237 e. The predicted molar refractivity (Wildman–Crippen MR) is 97.7 cm³/mol. The normalized spacial score (nSPS) is 17.9. The van der Waals surface area contributed by atoms with E-state index in [9.17, 15) is 4.79 Å². The van der Waals surface area contributed by atoms with Gasteiger partial charge in [0.25, 0.3) is 0 Å². The van der Waals surface area contributed by atoms with E-state index in [1.165, 1.54) is 12.0 Å². The van der Waals surface area contributed by atoms with E-state index in [1.54, 1.807) is 0 Å². The Kier molecular flexibility index (Phi) is 9.22. The molecule has 2 rings (SSSR count). The van der Waals surface area contributed by atoms with Crippen molar-refractivity contribution in [3.8, 4) is 0 Å². The lowest BCUT2D eigenvalue weighted by Crippen LogP contribution is -2.48. The molecule has 2 N–H and O–H groups in total. The second kappa shape index (κ2) is 10.6. The first-order chi connectivity index (χ1) is 10.7. The molecule has 0 saturated carbocycles. The van der Waals surface area contributed by atoms with Gasteiger partial charge in [0.15, 0.2) is 0 Å². The Morgan fingerprint density at radius 1 is 1.30 bits per heavy atom. The summed E-state index contributed by atoms with van der Waals surface area (Å²) in [5, 5.41) is 0. The van der Waals surface area contributed by atoms with Crippen molar-refractivity contribution in [1.29, 1.82) is 0 Å². The highest BCUT2D eigenvalue weighted by molar-refractivity contribution is 5.85. The number of hydrogen-bond donors (Lipinski definition) is 1. The highest BCUT2D eigenvalue weighted by Crippen LogP contribution is 2.19. The lowest BCUT2D eigenvalue weighted by atomic mass is 10.00. The van der Waals surface area contributed by atoms with Crippen LogP contribution in [0.5, 0.6) is 0 Å². The van der Waals surface area contributed by atoms with Crippen LogP contribution in [0, 0.1) is 0 Å². The molecule has 1 aliphatic heterocycles. The van der Waals surface area contributed by atoms with Crippen molar-refractivity contribution in [1.82, 2.24) is 9.80 Å². The topological polar surface area (TPSA) is 49.6 Å². The molecule has 1 aromatic rings. The summed E-state index contributed by atoms with van der Waals surface area (Å²) in [5.41, 5.74) is 6.96. The number of benzene rings is 1. The summed E-state index contributed by atoms with van der Waals surface area (Å²) in [5.74, 6) is 0.260. The molecule has 1 aliphatic rings. The Balaban J connectivity index is 0.00000264. The van der Waals surface area contributed by atoms with Crippen molar-refractivity contribution >= 4 is 18.3 Å². The fourth-order valence-electron chi connectivity index (χ4n) is 3.27. The standard InChI is InChI=1S/C18H29N3O.ClH/c1-2-17-10-6-7-12-21(17)18(22)15-20(13-11-19)14-16-8-4-3-5-9-16;/h3-5,8-9,17H,2,6-7,10-15,19H2,1H3;1H. The zero-order valence-electron chi connectivity index (χ0n) is 14.1. The van der Waals surface area contributed by atoms with Crippen LogP contribution in [0.4, 0.5) is 0 Å². The summed E-state index contributed by atoms with van der Waals surface area (Å²) in [6.07, 6.45) is 4.59. The molecular weight excluding hydrogens is 310 g/mol. The van der Waals surface area contributed by atoms with Gasteiger partial charge >= 0.3 is 0 Å². The molecule has 0 spiro atoms. The second-order valence-electron chi connectivity index (χ2n) is 6.13. The van der Waals surface area contributed by atoms with E-state index in [1.807, 2.05) is 18.2 Å². The number of halogens is 1. The van der Waals surface area contributed by atoms with Crippen LogP contribution in [-0.2, 0) is 11.3 Å². The average Bonchev–Trinajstić information content (AvgIpc) is 2.56. The Morgan fingerprint density at radius 2 is 2.04 bits per heavy atom. The van der Waals surface area contributed by atoms with E-state index in [2.05, 4.69) is 28.9 Å². The van der Waals surface area contributed by atoms with Crippen molar-refractivity contribution in [3.05, 3.63) is 35.9 Å². The second-order valence-corrected chi connectivity index (χ2v) is 6.13. The monoisotopic (exact) mass is 339 g/mol. The molecule has 23 heavy (non-hydrogen) atoms. The average molecular weight is 340 g/mol. The van der Waals surface area contributed by atoms with Crippen LogP contribution >= 0.6 is 12.4 Å². The van der Waals surface area contributed by atoms with Crippen molar-refractivity contribution in [2.24, 2.45) is 5.73 Å². The third-order valence-corrected chi connectivity index (χ3v) is 4.47. The van der Waals surface area contributed by atoms with Gasteiger partial charge in [0, 0.05) is 32.2 Å². The molecular formula is C18H30ClN3O. The lowest BCUT2D eigenvalue weighted by molar-refractivity contribution is -0.136. The zero-order valence-corrected chi connectivity index (χ0v) is 14.9. The van der Waals surface area contributed by atoms with Gasteiger partial charge in [0.2, 0.25) is 5.91 Å². The Bertz CT molecular complexity index is 455. The SMILES string of the molecule is CCC1CCCCN1C(=O)CN(CCN)Cc1ccccc1.Cl. The van der Waals surface area contributed by atoms with Crippen LogP contribution in [0.2, 0.25) is 0 Å². The summed E-state index contributed by atoms with van der Waals surface area (Å²) in [6, 6.07) is 10.7. The molecule has 4 nitrogen and oxygen atoms in total. The molecule has 0 radical (unpaired) electrons. The number of likely N-dealkylation sites (tertiary alicyclic amines) is 1. The number of carbonyl (C=O) groups is 1. The lowest BCUT2D eigenvalue weighted by Gasteiger charge is -2.36. The first-order valence-corrected chi connectivity index (χ1v) is 8.50. The number of nitrogens with two attached hydrogens (primary N) is 1. The van der Waals surface area contributed by atoms with Gasteiger partial charge in [0.1, 0.15) is 0 Å². The summed E-state index contributed by atoms with van der Waals surface area (Å²) >= 11 is 0. The molecule has 1 unspecified atom stereocenters. The molecule has 1 aromatic carbocycles. The maximum absolute atomic E-state index is 12.7.